The fraction of sp³-hybridized carbons (Fsp3) is 0.0714. The van der Waals surface area contributed by atoms with Gasteiger partial charge in [0.15, 0.2) is 5.13 Å². The average Bonchev–Trinajstić information content (AvgIpc) is 3.26. The lowest BCUT2D eigenvalue weighted by Crippen LogP contribution is -2.30. The second-order valence-corrected chi connectivity index (χ2v) is 8.80. The van der Waals surface area contributed by atoms with E-state index in [1.54, 1.807) is 11.0 Å². The van der Waals surface area contributed by atoms with Crippen molar-refractivity contribution >= 4 is 32.6 Å². The van der Waals surface area contributed by atoms with Gasteiger partial charge in [-0.05, 0) is 60.5 Å². The van der Waals surface area contributed by atoms with Crippen molar-refractivity contribution in [3.63, 3.8) is 0 Å². The topological polar surface area (TPSA) is 42.4 Å². The Kier molecular flexibility index (Phi) is 5.87. The molecule has 5 rings (SSSR count). The van der Waals surface area contributed by atoms with E-state index in [0.717, 1.165) is 21.5 Å². The molecule has 5 heteroatoms. The summed E-state index contributed by atoms with van der Waals surface area (Å²) in [5.41, 5.74) is 3.66. The Bertz CT molecular complexity index is 1400. The van der Waals surface area contributed by atoms with E-state index in [2.05, 4.69) is 13.0 Å². The summed E-state index contributed by atoms with van der Waals surface area (Å²) in [6, 6.07) is 33.0. The molecule has 0 N–H and O–H groups in total. The number of nitrogens with zero attached hydrogens (tertiary/aromatic N) is 2. The third kappa shape index (κ3) is 4.78. The normalized spacial score (nSPS) is 10.8. The summed E-state index contributed by atoms with van der Waals surface area (Å²) in [6.07, 6.45) is 0. The summed E-state index contributed by atoms with van der Waals surface area (Å²) in [5.74, 6) is 1.23. The minimum atomic E-state index is -0.117. The van der Waals surface area contributed by atoms with Crippen molar-refractivity contribution in [2.45, 2.75) is 13.5 Å². The van der Waals surface area contributed by atoms with Gasteiger partial charge in [-0.1, -0.05) is 72.0 Å². The quantitative estimate of drug-likeness (QED) is 0.274. The number of amides is 1. The summed E-state index contributed by atoms with van der Waals surface area (Å²) in [5, 5.41) is 0.679. The van der Waals surface area contributed by atoms with Crippen molar-refractivity contribution in [3.8, 4) is 11.5 Å². The predicted octanol–water partition coefficient (Wildman–Crippen LogP) is 7.24. The highest BCUT2D eigenvalue weighted by atomic mass is 32.1. The highest BCUT2D eigenvalue weighted by Crippen LogP contribution is 2.32. The Morgan fingerprint density at radius 2 is 1.58 bits per heavy atom. The van der Waals surface area contributed by atoms with Gasteiger partial charge in [0, 0.05) is 5.56 Å². The van der Waals surface area contributed by atoms with E-state index < -0.39 is 0 Å². The molecule has 0 saturated carbocycles. The smallest absolute Gasteiger partial charge is 0.260 e. The van der Waals surface area contributed by atoms with Gasteiger partial charge in [-0.3, -0.25) is 9.69 Å². The maximum Gasteiger partial charge on any atom is 0.260 e. The number of thiazole rings is 1. The first-order valence-corrected chi connectivity index (χ1v) is 11.5. The van der Waals surface area contributed by atoms with Gasteiger partial charge in [-0.15, -0.1) is 0 Å². The zero-order chi connectivity index (χ0) is 22.6. The van der Waals surface area contributed by atoms with Crippen LogP contribution in [0.4, 0.5) is 5.13 Å². The van der Waals surface area contributed by atoms with Gasteiger partial charge in [-0.25, -0.2) is 4.98 Å². The number of para-hydroxylation sites is 1. The lowest BCUT2D eigenvalue weighted by Gasteiger charge is -2.20. The van der Waals surface area contributed by atoms with Crippen molar-refractivity contribution in [1.82, 2.24) is 4.98 Å². The minimum absolute atomic E-state index is 0.117. The number of hydrogen-bond acceptors (Lipinski definition) is 4. The number of carbonyl (C=O) groups excluding carboxylic acids is 1. The van der Waals surface area contributed by atoms with Crippen molar-refractivity contribution in [2.75, 3.05) is 4.90 Å². The van der Waals surface area contributed by atoms with Gasteiger partial charge in [0.1, 0.15) is 11.5 Å². The van der Waals surface area contributed by atoms with Crippen LogP contribution in [0.3, 0.4) is 0 Å². The van der Waals surface area contributed by atoms with Gasteiger partial charge in [0.2, 0.25) is 0 Å². The maximum absolute atomic E-state index is 13.7. The summed E-state index contributed by atoms with van der Waals surface area (Å²) in [6.45, 7) is 2.49. The highest BCUT2D eigenvalue weighted by Gasteiger charge is 2.22. The molecule has 1 heterocycles. The van der Waals surface area contributed by atoms with E-state index in [9.17, 15) is 4.79 Å². The molecular weight excluding hydrogens is 428 g/mol. The standard InChI is InChI=1S/C28H22N2O2S/c1-20-15-16-25-26(17-20)33-28(29-25)30(19-21-9-4-2-5-10-21)27(31)22-11-8-14-24(18-22)32-23-12-6-3-7-13-23/h2-18H,19H2,1H3. The van der Waals surface area contributed by atoms with Crippen LogP contribution in [0, 0.1) is 6.92 Å². The van der Waals surface area contributed by atoms with Crippen LogP contribution in [0.25, 0.3) is 10.2 Å². The molecule has 5 aromatic rings. The molecule has 0 radical (unpaired) electrons. The van der Waals surface area contributed by atoms with E-state index in [-0.39, 0.29) is 5.91 Å². The van der Waals surface area contributed by atoms with Crippen LogP contribution >= 0.6 is 11.3 Å². The Morgan fingerprint density at radius 1 is 0.848 bits per heavy atom. The number of aryl methyl sites for hydroxylation is 1. The Morgan fingerprint density at radius 3 is 2.36 bits per heavy atom. The Balaban J connectivity index is 1.50. The molecule has 0 fully saturated rings. The summed E-state index contributed by atoms with van der Waals surface area (Å²) < 4.78 is 7.02. The van der Waals surface area contributed by atoms with Crippen molar-refractivity contribution < 1.29 is 9.53 Å². The number of anilines is 1. The van der Waals surface area contributed by atoms with Crippen LogP contribution in [0.5, 0.6) is 11.5 Å². The number of carbonyl (C=O) groups is 1. The third-order valence-corrected chi connectivity index (χ3v) is 6.29. The maximum atomic E-state index is 13.7. The molecule has 4 aromatic carbocycles. The molecular formula is C28H22N2O2S. The zero-order valence-electron chi connectivity index (χ0n) is 18.1. The number of fused-ring (bicyclic) bond motifs is 1. The SMILES string of the molecule is Cc1ccc2nc(N(Cc3ccccc3)C(=O)c3cccc(Oc4ccccc4)c3)sc2c1. The molecule has 0 atom stereocenters. The Hall–Kier alpha value is -3.96. The van der Waals surface area contributed by atoms with Crippen LogP contribution in [0.2, 0.25) is 0 Å². The molecule has 0 aliphatic heterocycles. The largest absolute Gasteiger partial charge is 0.457 e. The molecule has 1 amide bonds. The zero-order valence-corrected chi connectivity index (χ0v) is 19.0. The van der Waals surface area contributed by atoms with Gasteiger partial charge in [0.25, 0.3) is 5.91 Å². The summed E-state index contributed by atoms with van der Waals surface area (Å²) >= 11 is 1.53. The van der Waals surface area contributed by atoms with Crippen molar-refractivity contribution in [3.05, 3.63) is 120 Å². The molecule has 1 aromatic heterocycles. The molecule has 0 bridgehead atoms. The fourth-order valence-electron chi connectivity index (χ4n) is 3.60. The van der Waals surface area contributed by atoms with E-state index in [1.165, 1.54) is 16.9 Å². The number of benzene rings is 4. The van der Waals surface area contributed by atoms with Crippen molar-refractivity contribution in [1.29, 1.82) is 0 Å². The molecule has 4 nitrogen and oxygen atoms in total. The first-order chi connectivity index (χ1) is 16.2. The predicted molar refractivity (Wildman–Crippen MR) is 134 cm³/mol. The van der Waals surface area contributed by atoms with E-state index >= 15 is 0 Å². The lowest BCUT2D eigenvalue weighted by molar-refractivity contribution is 0.0985. The third-order valence-electron chi connectivity index (χ3n) is 5.25. The average molecular weight is 451 g/mol. The molecule has 33 heavy (non-hydrogen) atoms. The van der Waals surface area contributed by atoms with Crippen LogP contribution in [-0.2, 0) is 6.54 Å². The van der Waals surface area contributed by atoms with Crippen LogP contribution < -0.4 is 9.64 Å². The fourth-order valence-corrected chi connectivity index (χ4v) is 4.66. The minimum Gasteiger partial charge on any atom is -0.457 e. The number of ether oxygens (including phenoxy) is 1. The van der Waals surface area contributed by atoms with E-state index in [1.807, 2.05) is 91.0 Å². The molecule has 162 valence electrons. The highest BCUT2D eigenvalue weighted by molar-refractivity contribution is 7.22. The number of hydrogen-bond donors (Lipinski definition) is 0. The van der Waals surface area contributed by atoms with Gasteiger partial charge < -0.3 is 4.74 Å². The first kappa shape index (κ1) is 20.9. The van der Waals surface area contributed by atoms with E-state index in [0.29, 0.717) is 23.0 Å². The summed E-state index contributed by atoms with van der Waals surface area (Å²) in [4.78, 5) is 20.3. The summed E-state index contributed by atoms with van der Waals surface area (Å²) in [7, 11) is 0. The second kappa shape index (κ2) is 9.27. The molecule has 0 spiro atoms. The molecule has 0 aliphatic rings. The van der Waals surface area contributed by atoms with Crippen molar-refractivity contribution in [2.24, 2.45) is 0 Å². The molecule has 0 aliphatic carbocycles. The number of aromatic nitrogens is 1. The van der Waals surface area contributed by atoms with Gasteiger partial charge in [0.05, 0.1) is 16.8 Å². The van der Waals surface area contributed by atoms with Gasteiger partial charge >= 0.3 is 0 Å². The second-order valence-electron chi connectivity index (χ2n) is 7.79. The Labute approximate surface area is 196 Å². The monoisotopic (exact) mass is 450 g/mol. The molecule has 0 saturated heterocycles. The van der Waals surface area contributed by atoms with E-state index in [4.69, 9.17) is 9.72 Å². The lowest BCUT2D eigenvalue weighted by atomic mass is 10.1. The first-order valence-electron chi connectivity index (χ1n) is 10.7. The molecule has 0 unspecified atom stereocenters. The van der Waals surface area contributed by atoms with Crippen LogP contribution in [-0.4, -0.2) is 10.9 Å². The van der Waals surface area contributed by atoms with Crippen LogP contribution in [0.1, 0.15) is 21.5 Å². The number of rotatable bonds is 6. The van der Waals surface area contributed by atoms with Crippen LogP contribution in [0.15, 0.2) is 103 Å². The van der Waals surface area contributed by atoms with Gasteiger partial charge in [-0.2, -0.15) is 0 Å².